The van der Waals surface area contributed by atoms with Gasteiger partial charge in [-0.1, -0.05) is 27.5 Å². The summed E-state index contributed by atoms with van der Waals surface area (Å²) >= 11 is 9.25. The van der Waals surface area contributed by atoms with Gasteiger partial charge in [0.25, 0.3) is 0 Å². The lowest BCUT2D eigenvalue weighted by atomic mass is 10.2. The predicted octanol–water partition coefficient (Wildman–Crippen LogP) is 4.50. The molecule has 5 heteroatoms. The summed E-state index contributed by atoms with van der Waals surface area (Å²) in [7, 11) is 1.60. The zero-order valence-corrected chi connectivity index (χ0v) is 13.1. The highest BCUT2D eigenvalue weighted by Crippen LogP contribution is 2.26. The number of rotatable bonds is 5. The minimum Gasteiger partial charge on any atom is -0.496 e. The molecule has 0 saturated carbocycles. The summed E-state index contributed by atoms with van der Waals surface area (Å²) in [5.41, 5.74) is 1.31. The number of carbonyl (C=O) groups excluding carboxylic acids is 1. The highest BCUT2D eigenvalue weighted by molar-refractivity contribution is 9.10. The molecule has 0 saturated heterocycles. The number of methoxy groups -OCH3 is 1. The van der Waals surface area contributed by atoms with Gasteiger partial charge in [0.1, 0.15) is 18.1 Å². The van der Waals surface area contributed by atoms with Crippen molar-refractivity contribution in [1.29, 1.82) is 0 Å². The first-order valence-corrected chi connectivity index (χ1v) is 7.01. The Labute approximate surface area is 130 Å². The molecule has 0 aromatic heterocycles. The second kappa shape index (κ2) is 6.77. The van der Waals surface area contributed by atoms with Gasteiger partial charge < -0.3 is 9.47 Å². The lowest BCUT2D eigenvalue weighted by molar-refractivity contribution is 0.111. The van der Waals surface area contributed by atoms with E-state index in [9.17, 15) is 4.79 Å². The Hall–Kier alpha value is -1.52. The third kappa shape index (κ3) is 3.52. The van der Waals surface area contributed by atoms with Crippen molar-refractivity contribution in [2.45, 2.75) is 6.61 Å². The van der Waals surface area contributed by atoms with E-state index < -0.39 is 0 Å². The van der Waals surface area contributed by atoms with Crippen molar-refractivity contribution in [2.24, 2.45) is 0 Å². The quantitative estimate of drug-likeness (QED) is 0.741. The molecule has 0 amide bonds. The Kier molecular flexibility index (Phi) is 5.04. The maximum Gasteiger partial charge on any atom is 0.153 e. The van der Waals surface area contributed by atoms with Crippen LogP contribution in [0.2, 0.25) is 5.02 Å². The molecule has 0 fully saturated rings. The van der Waals surface area contributed by atoms with E-state index >= 15 is 0 Å². The fourth-order valence-electron chi connectivity index (χ4n) is 1.76. The van der Waals surface area contributed by atoms with Crippen molar-refractivity contribution in [3.05, 3.63) is 57.0 Å². The summed E-state index contributed by atoms with van der Waals surface area (Å²) in [5.74, 6) is 1.22. The highest BCUT2D eigenvalue weighted by atomic mass is 79.9. The second-order valence-corrected chi connectivity index (χ2v) is 5.40. The summed E-state index contributed by atoms with van der Waals surface area (Å²) < 4.78 is 11.9. The fraction of sp³-hybridized carbons (Fsp3) is 0.133. The number of aldehydes is 1. The Morgan fingerprint density at radius 2 is 1.95 bits per heavy atom. The van der Waals surface area contributed by atoms with Crippen LogP contribution in [0.15, 0.2) is 40.9 Å². The van der Waals surface area contributed by atoms with Crippen molar-refractivity contribution >= 4 is 33.8 Å². The first-order valence-electron chi connectivity index (χ1n) is 5.84. The van der Waals surface area contributed by atoms with Crippen molar-refractivity contribution in [3.63, 3.8) is 0 Å². The molecule has 0 aliphatic heterocycles. The Morgan fingerprint density at radius 3 is 2.65 bits per heavy atom. The standard InChI is InChI=1S/C15H12BrClO3/c1-19-14-4-2-12(16)6-11(14)9-20-15-5-3-13(17)7-10(15)8-18/h2-8H,9H2,1H3. The first kappa shape index (κ1) is 14.9. The van der Waals surface area contributed by atoms with Gasteiger partial charge in [-0.05, 0) is 36.4 Å². The summed E-state index contributed by atoms with van der Waals surface area (Å²) in [6.07, 6.45) is 0.722. The van der Waals surface area contributed by atoms with Crippen LogP contribution in [-0.2, 0) is 6.61 Å². The van der Waals surface area contributed by atoms with Crippen LogP contribution in [0, 0.1) is 0 Å². The molecule has 0 heterocycles. The zero-order valence-electron chi connectivity index (χ0n) is 10.7. The molecule has 3 nitrogen and oxygen atoms in total. The largest absolute Gasteiger partial charge is 0.496 e. The summed E-state index contributed by atoms with van der Waals surface area (Å²) in [6.45, 7) is 0.297. The van der Waals surface area contributed by atoms with Crippen LogP contribution in [0.3, 0.4) is 0 Å². The van der Waals surface area contributed by atoms with E-state index in [2.05, 4.69) is 15.9 Å². The molecular formula is C15H12BrClO3. The molecule has 0 aliphatic carbocycles. The molecule has 0 spiro atoms. The summed E-state index contributed by atoms with van der Waals surface area (Å²) in [5, 5.41) is 0.500. The molecule has 0 bridgehead atoms. The Bertz CT molecular complexity index is 629. The molecule has 20 heavy (non-hydrogen) atoms. The van der Waals surface area contributed by atoms with Crippen LogP contribution in [0.4, 0.5) is 0 Å². The Morgan fingerprint density at radius 1 is 1.20 bits per heavy atom. The third-order valence-electron chi connectivity index (χ3n) is 2.72. The predicted molar refractivity (Wildman–Crippen MR) is 81.9 cm³/mol. The zero-order chi connectivity index (χ0) is 14.5. The average molecular weight is 356 g/mol. The third-order valence-corrected chi connectivity index (χ3v) is 3.45. The number of carbonyl (C=O) groups is 1. The maximum atomic E-state index is 11.0. The van der Waals surface area contributed by atoms with E-state index in [1.165, 1.54) is 0 Å². The molecule has 2 aromatic carbocycles. The number of halogens is 2. The van der Waals surface area contributed by atoms with Crippen LogP contribution < -0.4 is 9.47 Å². The van der Waals surface area contributed by atoms with Gasteiger partial charge in [-0.2, -0.15) is 0 Å². The van der Waals surface area contributed by atoms with Crippen molar-refractivity contribution in [3.8, 4) is 11.5 Å². The fourth-order valence-corrected chi connectivity index (χ4v) is 2.35. The molecular weight excluding hydrogens is 344 g/mol. The molecule has 0 aliphatic rings. The van der Waals surface area contributed by atoms with Crippen molar-refractivity contribution in [2.75, 3.05) is 7.11 Å². The number of hydrogen-bond acceptors (Lipinski definition) is 3. The molecule has 2 rings (SSSR count). The van der Waals surface area contributed by atoms with E-state index in [0.29, 0.717) is 22.9 Å². The van der Waals surface area contributed by atoms with Gasteiger partial charge in [-0.15, -0.1) is 0 Å². The van der Waals surface area contributed by atoms with Crippen molar-refractivity contribution in [1.82, 2.24) is 0 Å². The number of ether oxygens (including phenoxy) is 2. The lowest BCUT2D eigenvalue weighted by Crippen LogP contribution is -2.00. The lowest BCUT2D eigenvalue weighted by Gasteiger charge is -2.12. The first-order chi connectivity index (χ1) is 9.63. The van der Waals surface area contributed by atoms with Gasteiger partial charge in [0, 0.05) is 15.1 Å². The van der Waals surface area contributed by atoms with E-state index in [-0.39, 0.29) is 0 Å². The number of benzene rings is 2. The topological polar surface area (TPSA) is 35.5 Å². The number of hydrogen-bond donors (Lipinski definition) is 0. The SMILES string of the molecule is COc1ccc(Br)cc1COc1ccc(Cl)cc1C=O. The van der Waals surface area contributed by atoms with E-state index in [4.69, 9.17) is 21.1 Å². The van der Waals surface area contributed by atoms with Gasteiger partial charge in [-0.3, -0.25) is 4.79 Å². The molecule has 104 valence electrons. The smallest absolute Gasteiger partial charge is 0.153 e. The Balaban J connectivity index is 2.20. The van der Waals surface area contributed by atoms with Gasteiger partial charge in [0.15, 0.2) is 6.29 Å². The summed E-state index contributed by atoms with van der Waals surface area (Å²) in [6, 6.07) is 10.6. The minimum absolute atomic E-state index is 0.297. The maximum absolute atomic E-state index is 11.0. The minimum atomic E-state index is 0.297. The normalized spacial score (nSPS) is 10.2. The molecule has 0 atom stereocenters. The second-order valence-electron chi connectivity index (χ2n) is 4.04. The van der Waals surface area contributed by atoms with Gasteiger partial charge in [0.2, 0.25) is 0 Å². The van der Waals surface area contributed by atoms with Crippen LogP contribution in [0.25, 0.3) is 0 Å². The summed E-state index contributed by atoms with van der Waals surface area (Å²) in [4.78, 5) is 11.0. The van der Waals surface area contributed by atoms with Crippen molar-refractivity contribution < 1.29 is 14.3 Å². The van der Waals surface area contributed by atoms with Gasteiger partial charge in [0.05, 0.1) is 12.7 Å². The van der Waals surface area contributed by atoms with Crippen LogP contribution in [0.1, 0.15) is 15.9 Å². The molecule has 2 aromatic rings. The monoisotopic (exact) mass is 354 g/mol. The van der Waals surface area contributed by atoms with Gasteiger partial charge >= 0.3 is 0 Å². The molecule has 0 radical (unpaired) electrons. The van der Waals surface area contributed by atoms with Crippen LogP contribution in [-0.4, -0.2) is 13.4 Å². The van der Waals surface area contributed by atoms with E-state index in [1.807, 2.05) is 18.2 Å². The van der Waals surface area contributed by atoms with E-state index in [1.54, 1.807) is 25.3 Å². The van der Waals surface area contributed by atoms with Crippen LogP contribution in [0.5, 0.6) is 11.5 Å². The van der Waals surface area contributed by atoms with Crippen LogP contribution >= 0.6 is 27.5 Å². The van der Waals surface area contributed by atoms with Gasteiger partial charge in [-0.25, -0.2) is 0 Å². The molecule has 0 unspecified atom stereocenters. The molecule has 0 N–H and O–H groups in total. The highest BCUT2D eigenvalue weighted by Gasteiger charge is 2.08. The van der Waals surface area contributed by atoms with E-state index in [0.717, 1.165) is 22.1 Å². The average Bonchev–Trinajstić information content (AvgIpc) is 2.46.